The number of aromatic nitrogens is 1. The zero-order valence-electron chi connectivity index (χ0n) is 15.1. The monoisotopic (exact) mass is 360 g/mol. The molecule has 0 radical (unpaired) electrons. The van der Waals surface area contributed by atoms with E-state index >= 15 is 0 Å². The molecular formula is C21H20N4O2. The SMILES string of the molecule is C[C@]12CCCC1[C@@]1(COC(N)=N1)c1cc(-c3cncc(C#N)c3)ccc1O2. The van der Waals surface area contributed by atoms with E-state index in [9.17, 15) is 5.26 Å². The first kappa shape index (κ1) is 16.1. The third-order valence-electron chi connectivity index (χ3n) is 6.22. The first-order chi connectivity index (χ1) is 13.0. The fraction of sp³-hybridized carbons (Fsp3) is 0.381. The number of benzene rings is 1. The van der Waals surface area contributed by atoms with E-state index in [1.165, 1.54) is 0 Å². The van der Waals surface area contributed by atoms with E-state index in [1.807, 2.05) is 18.2 Å². The van der Waals surface area contributed by atoms with Crippen LogP contribution >= 0.6 is 0 Å². The molecule has 1 fully saturated rings. The molecule has 27 heavy (non-hydrogen) atoms. The standard InChI is InChI=1S/C21H20N4O2/c1-20-6-2-3-18(20)21(12-26-19(23)25-21)16-8-14(4-5-17(16)27-20)15-7-13(9-22)10-24-11-15/h4-5,7-8,10-11,18H,2-3,6,12H2,1H3,(H2,23,25)/t18?,20-,21+/m0/s1. The van der Waals surface area contributed by atoms with Crippen LogP contribution in [-0.4, -0.2) is 23.2 Å². The van der Waals surface area contributed by atoms with Crippen LogP contribution in [0.5, 0.6) is 5.75 Å². The Morgan fingerprint density at radius 3 is 2.93 bits per heavy atom. The Balaban J connectivity index is 1.69. The minimum atomic E-state index is -0.515. The maximum absolute atomic E-state index is 9.17. The fourth-order valence-corrected chi connectivity index (χ4v) is 5.00. The lowest BCUT2D eigenvalue weighted by molar-refractivity contribution is -0.0210. The highest BCUT2D eigenvalue weighted by Crippen LogP contribution is 2.58. The molecule has 0 bridgehead atoms. The maximum atomic E-state index is 9.17. The van der Waals surface area contributed by atoms with Crippen LogP contribution in [0.1, 0.15) is 37.3 Å². The van der Waals surface area contributed by atoms with Gasteiger partial charge in [0.25, 0.3) is 6.02 Å². The summed E-state index contributed by atoms with van der Waals surface area (Å²) in [6.45, 7) is 2.61. The van der Waals surface area contributed by atoms with Crippen molar-refractivity contribution in [2.75, 3.05) is 6.61 Å². The molecule has 3 heterocycles. The number of nitrogens with zero attached hydrogens (tertiary/aromatic N) is 3. The van der Waals surface area contributed by atoms with Crippen molar-refractivity contribution in [3.05, 3.63) is 47.8 Å². The van der Waals surface area contributed by atoms with E-state index in [4.69, 9.17) is 20.2 Å². The lowest BCUT2D eigenvalue weighted by Gasteiger charge is -2.47. The summed E-state index contributed by atoms with van der Waals surface area (Å²) in [7, 11) is 0. The van der Waals surface area contributed by atoms with Crippen LogP contribution in [0, 0.1) is 17.2 Å². The molecule has 3 atom stereocenters. The fourth-order valence-electron chi connectivity index (χ4n) is 5.00. The summed E-state index contributed by atoms with van der Waals surface area (Å²) in [4.78, 5) is 8.98. The molecule has 1 aliphatic carbocycles. The van der Waals surface area contributed by atoms with Crippen LogP contribution in [-0.2, 0) is 10.3 Å². The van der Waals surface area contributed by atoms with Crippen molar-refractivity contribution >= 4 is 6.02 Å². The summed E-state index contributed by atoms with van der Waals surface area (Å²) in [6, 6.07) is 10.3. The smallest absolute Gasteiger partial charge is 0.283 e. The summed E-state index contributed by atoms with van der Waals surface area (Å²) >= 11 is 0. The van der Waals surface area contributed by atoms with Crippen LogP contribution in [0.3, 0.4) is 0 Å². The maximum Gasteiger partial charge on any atom is 0.283 e. The van der Waals surface area contributed by atoms with E-state index in [0.717, 1.165) is 41.7 Å². The Labute approximate surface area is 157 Å². The number of hydrogen-bond acceptors (Lipinski definition) is 6. The van der Waals surface area contributed by atoms with Gasteiger partial charge in [-0.3, -0.25) is 4.98 Å². The minimum absolute atomic E-state index is 0.220. The number of hydrogen-bond donors (Lipinski definition) is 1. The van der Waals surface area contributed by atoms with Gasteiger partial charge < -0.3 is 15.2 Å². The summed E-state index contributed by atoms with van der Waals surface area (Å²) in [5.41, 5.74) is 8.59. The highest BCUT2D eigenvalue weighted by molar-refractivity contribution is 5.75. The number of nitrogens with two attached hydrogens (primary N) is 1. The van der Waals surface area contributed by atoms with Crippen molar-refractivity contribution in [3.63, 3.8) is 0 Å². The van der Waals surface area contributed by atoms with Gasteiger partial charge in [0.2, 0.25) is 0 Å². The second kappa shape index (κ2) is 5.46. The molecule has 3 aliphatic rings. The number of amidine groups is 1. The largest absolute Gasteiger partial charge is 0.487 e. The summed E-state index contributed by atoms with van der Waals surface area (Å²) in [5, 5.41) is 9.17. The van der Waals surface area contributed by atoms with Gasteiger partial charge in [-0.1, -0.05) is 6.07 Å². The molecule has 2 aromatic rings. The van der Waals surface area contributed by atoms with Gasteiger partial charge in [0.1, 0.15) is 29.6 Å². The minimum Gasteiger partial charge on any atom is -0.487 e. The summed E-state index contributed by atoms with van der Waals surface area (Å²) < 4.78 is 12.1. The number of rotatable bonds is 1. The van der Waals surface area contributed by atoms with Crippen molar-refractivity contribution < 1.29 is 9.47 Å². The summed E-state index contributed by atoms with van der Waals surface area (Å²) in [5.74, 6) is 1.06. The molecule has 136 valence electrons. The second-order valence-electron chi connectivity index (χ2n) is 7.81. The van der Waals surface area contributed by atoms with Gasteiger partial charge in [-0.05, 0) is 49.9 Å². The molecule has 1 aromatic carbocycles. The highest BCUT2D eigenvalue weighted by atomic mass is 16.5. The van der Waals surface area contributed by atoms with Crippen LogP contribution < -0.4 is 10.5 Å². The molecule has 1 unspecified atom stereocenters. The van der Waals surface area contributed by atoms with Crippen LogP contribution in [0.15, 0.2) is 41.7 Å². The van der Waals surface area contributed by atoms with Crippen molar-refractivity contribution in [2.45, 2.75) is 37.3 Å². The Kier molecular flexibility index (Phi) is 3.26. The van der Waals surface area contributed by atoms with E-state index in [0.29, 0.717) is 12.2 Å². The number of aliphatic imine (C=N–C) groups is 1. The van der Waals surface area contributed by atoms with Gasteiger partial charge in [-0.15, -0.1) is 0 Å². The molecule has 1 aromatic heterocycles. The van der Waals surface area contributed by atoms with Crippen LogP contribution in [0.25, 0.3) is 11.1 Å². The second-order valence-corrected chi connectivity index (χ2v) is 7.81. The molecule has 5 rings (SSSR count). The molecule has 2 N–H and O–H groups in total. The van der Waals surface area contributed by atoms with E-state index < -0.39 is 5.54 Å². The molecule has 0 amide bonds. The van der Waals surface area contributed by atoms with Crippen molar-refractivity contribution in [2.24, 2.45) is 16.6 Å². The molecule has 0 saturated heterocycles. The Bertz CT molecular complexity index is 1010. The Morgan fingerprint density at radius 1 is 1.26 bits per heavy atom. The van der Waals surface area contributed by atoms with Gasteiger partial charge in [-0.2, -0.15) is 5.26 Å². The predicted molar refractivity (Wildman–Crippen MR) is 100 cm³/mol. The molecule has 6 nitrogen and oxygen atoms in total. The van der Waals surface area contributed by atoms with Gasteiger partial charge in [-0.25, -0.2) is 4.99 Å². The van der Waals surface area contributed by atoms with Crippen molar-refractivity contribution in [1.29, 1.82) is 5.26 Å². The topological polar surface area (TPSA) is 93.5 Å². The Morgan fingerprint density at radius 2 is 2.15 bits per heavy atom. The first-order valence-electron chi connectivity index (χ1n) is 9.21. The third kappa shape index (κ3) is 2.24. The van der Waals surface area contributed by atoms with E-state index in [-0.39, 0.29) is 17.5 Å². The van der Waals surface area contributed by atoms with Gasteiger partial charge in [0.15, 0.2) is 0 Å². The Hall–Kier alpha value is -3.07. The quantitative estimate of drug-likeness (QED) is 0.843. The average Bonchev–Trinajstić information content (AvgIpc) is 3.26. The predicted octanol–water partition coefficient (Wildman–Crippen LogP) is 3.11. The van der Waals surface area contributed by atoms with E-state index in [1.54, 1.807) is 12.4 Å². The first-order valence-corrected chi connectivity index (χ1v) is 9.21. The third-order valence-corrected chi connectivity index (χ3v) is 6.22. The number of nitriles is 1. The van der Waals surface area contributed by atoms with Crippen LogP contribution in [0.2, 0.25) is 0 Å². The van der Waals surface area contributed by atoms with Crippen molar-refractivity contribution in [1.82, 2.24) is 4.98 Å². The van der Waals surface area contributed by atoms with Gasteiger partial charge in [0.05, 0.1) is 5.56 Å². The van der Waals surface area contributed by atoms with Gasteiger partial charge in [0, 0.05) is 29.4 Å². The molecule has 1 spiro atoms. The van der Waals surface area contributed by atoms with E-state index in [2.05, 4.69) is 24.0 Å². The lowest BCUT2D eigenvalue weighted by Crippen LogP contribution is -2.52. The number of pyridine rings is 1. The highest BCUT2D eigenvalue weighted by Gasteiger charge is 2.60. The normalized spacial score (nSPS) is 30.7. The average molecular weight is 360 g/mol. The molecule has 2 aliphatic heterocycles. The lowest BCUT2D eigenvalue weighted by atomic mass is 9.69. The number of ether oxygens (including phenoxy) is 2. The van der Waals surface area contributed by atoms with Crippen molar-refractivity contribution in [3.8, 4) is 22.9 Å². The summed E-state index contributed by atoms with van der Waals surface area (Å²) in [6.07, 6.45) is 6.47. The molecule has 6 heteroatoms. The zero-order chi connectivity index (χ0) is 18.6. The molecule has 1 saturated carbocycles. The van der Waals surface area contributed by atoms with Gasteiger partial charge >= 0.3 is 0 Å². The van der Waals surface area contributed by atoms with Crippen LogP contribution in [0.4, 0.5) is 0 Å². The zero-order valence-corrected chi connectivity index (χ0v) is 15.1. The number of fused-ring (bicyclic) bond motifs is 4. The molecular weight excluding hydrogens is 340 g/mol.